The fourth-order valence-corrected chi connectivity index (χ4v) is 2.97. The fourth-order valence-electron chi connectivity index (χ4n) is 2.97. The molecule has 0 spiro atoms. The Kier molecular flexibility index (Phi) is 9.55. The van der Waals surface area contributed by atoms with Crippen molar-refractivity contribution in [2.24, 2.45) is 4.99 Å². The minimum atomic E-state index is 0. The van der Waals surface area contributed by atoms with Gasteiger partial charge in [-0.25, -0.2) is 0 Å². The predicted octanol–water partition coefficient (Wildman–Crippen LogP) is 3.15. The maximum Gasteiger partial charge on any atom is 0.191 e. The summed E-state index contributed by atoms with van der Waals surface area (Å²) in [6, 6.07) is 9.23. The monoisotopic (exact) mass is 430 g/mol. The van der Waals surface area contributed by atoms with Crippen molar-refractivity contribution in [3.8, 4) is 0 Å². The molecule has 1 fully saturated rings. The maximum atomic E-state index is 4.33. The Balaban J connectivity index is 0.00000264. The van der Waals surface area contributed by atoms with Crippen molar-refractivity contribution >= 4 is 29.9 Å². The molecule has 130 valence electrons. The SMILES string of the molecule is CCC(CNC(=NC)NCc1ccc(C)cc1)N1CCCC1.I. The highest BCUT2D eigenvalue weighted by atomic mass is 127. The number of halogens is 1. The number of guanidine groups is 1. The topological polar surface area (TPSA) is 39.7 Å². The van der Waals surface area contributed by atoms with Crippen LogP contribution in [0.25, 0.3) is 0 Å². The van der Waals surface area contributed by atoms with Crippen LogP contribution in [0.2, 0.25) is 0 Å². The van der Waals surface area contributed by atoms with Crippen LogP contribution >= 0.6 is 24.0 Å². The number of likely N-dealkylation sites (tertiary alicyclic amines) is 1. The van der Waals surface area contributed by atoms with Gasteiger partial charge in [0, 0.05) is 26.2 Å². The van der Waals surface area contributed by atoms with Gasteiger partial charge >= 0.3 is 0 Å². The van der Waals surface area contributed by atoms with Crippen molar-refractivity contribution in [3.05, 3.63) is 35.4 Å². The first-order valence-corrected chi connectivity index (χ1v) is 8.47. The zero-order valence-electron chi connectivity index (χ0n) is 14.6. The fraction of sp³-hybridized carbons (Fsp3) is 0.611. The molecule has 0 bridgehead atoms. The lowest BCUT2D eigenvalue weighted by Gasteiger charge is -2.27. The van der Waals surface area contributed by atoms with Gasteiger partial charge in [-0.3, -0.25) is 9.89 Å². The number of aliphatic imine (C=N–C) groups is 1. The zero-order valence-corrected chi connectivity index (χ0v) is 17.0. The van der Waals surface area contributed by atoms with E-state index in [0.29, 0.717) is 6.04 Å². The van der Waals surface area contributed by atoms with E-state index >= 15 is 0 Å². The number of benzene rings is 1. The molecule has 2 N–H and O–H groups in total. The van der Waals surface area contributed by atoms with Gasteiger partial charge in [-0.1, -0.05) is 36.8 Å². The van der Waals surface area contributed by atoms with Crippen LogP contribution in [0, 0.1) is 6.92 Å². The van der Waals surface area contributed by atoms with Crippen molar-refractivity contribution < 1.29 is 0 Å². The van der Waals surface area contributed by atoms with Crippen molar-refractivity contribution in [1.82, 2.24) is 15.5 Å². The quantitative estimate of drug-likeness (QED) is 0.414. The van der Waals surface area contributed by atoms with E-state index < -0.39 is 0 Å². The molecular weight excluding hydrogens is 399 g/mol. The molecule has 0 amide bonds. The van der Waals surface area contributed by atoms with Gasteiger partial charge in [-0.05, 0) is 44.8 Å². The molecule has 1 atom stereocenters. The Bertz CT molecular complexity index is 466. The number of nitrogens with one attached hydrogen (secondary N) is 2. The highest BCUT2D eigenvalue weighted by Gasteiger charge is 2.20. The summed E-state index contributed by atoms with van der Waals surface area (Å²) in [6.45, 7) is 8.64. The van der Waals surface area contributed by atoms with Crippen LogP contribution in [0.5, 0.6) is 0 Å². The molecule has 0 saturated carbocycles. The van der Waals surface area contributed by atoms with Crippen LogP contribution in [0.1, 0.15) is 37.3 Å². The lowest BCUT2D eigenvalue weighted by molar-refractivity contribution is 0.236. The summed E-state index contributed by atoms with van der Waals surface area (Å²) < 4.78 is 0. The van der Waals surface area contributed by atoms with E-state index in [4.69, 9.17) is 0 Å². The Morgan fingerprint density at radius 3 is 2.39 bits per heavy atom. The molecule has 4 nitrogen and oxygen atoms in total. The van der Waals surface area contributed by atoms with Crippen LogP contribution in [0.15, 0.2) is 29.3 Å². The van der Waals surface area contributed by atoms with Gasteiger partial charge in [0.25, 0.3) is 0 Å². The van der Waals surface area contributed by atoms with Gasteiger partial charge in [0.1, 0.15) is 0 Å². The van der Waals surface area contributed by atoms with Crippen LogP contribution < -0.4 is 10.6 Å². The average Bonchev–Trinajstić information content (AvgIpc) is 3.07. The molecular formula is C18H31IN4. The van der Waals surface area contributed by atoms with E-state index in [1.54, 1.807) is 0 Å². The third-order valence-corrected chi connectivity index (χ3v) is 4.44. The van der Waals surface area contributed by atoms with Gasteiger partial charge in [0.05, 0.1) is 0 Å². The summed E-state index contributed by atoms with van der Waals surface area (Å²) >= 11 is 0. The third kappa shape index (κ3) is 6.67. The summed E-state index contributed by atoms with van der Waals surface area (Å²) in [7, 11) is 1.83. The molecule has 23 heavy (non-hydrogen) atoms. The van der Waals surface area contributed by atoms with Crippen molar-refractivity contribution in [2.45, 2.75) is 45.7 Å². The van der Waals surface area contributed by atoms with Gasteiger partial charge in [0.15, 0.2) is 5.96 Å². The third-order valence-electron chi connectivity index (χ3n) is 4.44. The first-order valence-electron chi connectivity index (χ1n) is 8.47. The summed E-state index contributed by atoms with van der Waals surface area (Å²) in [5, 5.41) is 6.87. The first kappa shape index (κ1) is 20.2. The van der Waals surface area contributed by atoms with Crippen molar-refractivity contribution in [3.63, 3.8) is 0 Å². The minimum absolute atomic E-state index is 0. The maximum absolute atomic E-state index is 4.33. The second-order valence-corrected chi connectivity index (χ2v) is 6.10. The zero-order chi connectivity index (χ0) is 15.8. The predicted molar refractivity (Wildman–Crippen MR) is 110 cm³/mol. The molecule has 1 aliphatic heterocycles. The minimum Gasteiger partial charge on any atom is -0.355 e. The number of hydrogen-bond acceptors (Lipinski definition) is 2. The van der Waals surface area contributed by atoms with E-state index in [1.165, 1.54) is 43.5 Å². The second kappa shape index (κ2) is 10.9. The molecule has 1 unspecified atom stereocenters. The Labute approximate surface area is 158 Å². The van der Waals surface area contributed by atoms with Crippen LogP contribution in [0.3, 0.4) is 0 Å². The molecule has 0 aromatic heterocycles. The van der Waals surface area contributed by atoms with E-state index in [-0.39, 0.29) is 24.0 Å². The molecule has 5 heteroatoms. The lowest BCUT2D eigenvalue weighted by Crippen LogP contribution is -2.46. The first-order chi connectivity index (χ1) is 10.7. The highest BCUT2D eigenvalue weighted by Crippen LogP contribution is 2.13. The summed E-state index contributed by atoms with van der Waals surface area (Å²) in [6.07, 6.45) is 3.87. The summed E-state index contributed by atoms with van der Waals surface area (Å²) in [5.41, 5.74) is 2.57. The standard InChI is InChI=1S/C18H30N4.HI/c1-4-17(22-11-5-6-12-22)14-21-18(19-3)20-13-16-9-7-15(2)8-10-16;/h7-10,17H,4-6,11-14H2,1-3H3,(H2,19,20,21);1H. The van der Waals surface area contributed by atoms with Crippen LogP contribution in [0.4, 0.5) is 0 Å². The second-order valence-electron chi connectivity index (χ2n) is 6.10. The van der Waals surface area contributed by atoms with Gasteiger partial charge < -0.3 is 10.6 Å². The van der Waals surface area contributed by atoms with E-state index in [0.717, 1.165) is 19.0 Å². The molecule has 0 radical (unpaired) electrons. The number of rotatable bonds is 6. The Morgan fingerprint density at radius 2 is 1.83 bits per heavy atom. The average molecular weight is 430 g/mol. The highest BCUT2D eigenvalue weighted by molar-refractivity contribution is 14.0. The smallest absolute Gasteiger partial charge is 0.191 e. The Morgan fingerprint density at radius 1 is 1.17 bits per heavy atom. The molecule has 0 aliphatic carbocycles. The van der Waals surface area contributed by atoms with E-state index in [1.807, 2.05) is 7.05 Å². The van der Waals surface area contributed by atoms with E-state index in [2.05, 4.69) is 58.6 Å². The van der Waals surface area contributed by atoms with Crippen LogP contribution in [-0.4, -0.2) is 43.6 Å². The Hall–Kier alpha value is -0.820. The van der Waals surface area contributed by atoms with Crippen molar-refractivity contribution in [1.29, 1.82) is 0 Å². The summed E-state index contributed by atoms with van der Waals surface area (Å²) in [4.78, 5) is 6.93. The van der Waals surface area contributed by atoms with Crippen LogP contribution in [-0.2, 0) is 6.54 Å². The van der Waals surface area contributed by atoms with Gasteiger partial charge in [-0.2, -0.15) is 0 Å². The lowest BCUT2D eigenvalue weighted by atomic mass is 10.1. The number of nitrogens with zero attached hydrogens (tertiary/aromatic N) is 2. The van der Waals surface area contributed by atoms with Gasteiger partial charge in [0.2, 0.25) is 0 Å². The van der Waals surface area contributed by atoms with E-state index in [9.17, 15) is 0 Å². The molecule has 1 heterocycles. The molecule has 1 saturated heterocycles. The number of hydrogen-bond donors (Lipinski definition) is 2. The molecule has 1 aromatic carbocycles. The molecule has 1 aromatic rings. The molecule has 1 aliphatic rings. The van der Waals surface area contributed by atoms with Gasteiger partial charge in [-0.15, -0.1) is 24.0 Å². The normalized spacial score (nSPS) is 16.7. The largest absolute Gasteiger partial charge is 0.355 e. The molecule has 2 rings (SSSR count). The van der Waals surface area contributed by atoms with Crippen molar-refractivity contribution in [2.75, 3.05) is 26.7 Å². The summed E-state index contributed by atoms with van der Waals surface area (Å²) in [5.74, 6) is 0.887. The number of aryl methyl sites for hydroxylation is 1.